The highest BCUT2D eigenvalue weighted by atomic mass is 28.3. The molecular weight excluding hydrogens is 248 g/mol. The van der Waals surface area contributed by atoms with Gasteiger partial charge in [0.1, 0.15) is 8.07 Å². The first-order valence-electron chi connectivity index (χ1n) is 6.88. The summed E-state index contributed by atoms with van der Waals surface area (Å²) in [5.74, 6) is 0. The summed E-state index contributed by atoms with van der Waals surface area (Å²) in [7, 11) is -1.33. The Morgan fingerprint density at radius 3 is 1.67 bits per heavy atom. The number of hydrogen-bond acceptors (Lipinski definition) is 0. The van der Waals surface area contributed by atoms with Crippen LogP contribution in [0.1, 0.15) is 0 Å². The van der Waals surface area contributed by atoms with E-state index in [2.05, 4.69) is 73.8 Å². The molecule has 0 saturated carbocycles. The van der Waals surface area contributed by atoms with Crippen molar-refractivity contribution in [1.29, 1.82) is 0 Å². The topological polar surface area (TPSA) is 0 Å². The fraction of sp³-hybridized carbons (Fsp3) is 0.250. The predicted octanol–water partition coefficient (Wildman–Crippen LogP) is 2.51. The molecule has 0 fully saturated rings. The third-order valence-electron chi connectivity index (χ3n) is 3.85. The maximum atomic E-state index is 2.53. The molecule has 0 saturated heterocycles. The van der Waals surface area contributed by atoms with Gasteiger partial charge in [0.25, 0.3) is 0 Å². The lowest BCUT2D eigenvalue weighted by atomic mass is 10.4. The Balaban J connectivity index is 2.41. The molecule has 0 N–H and O–H groups in total. The van der Waals surface area contributed by atoms with Crippen LogP contribution in [0.15, 0.2) is 60.7 Å². The first kappa shape index (κ1) is 13.3. The van der Waals surface area contributed by atoms with Gasteiger partial charge in [-0.05, 0) is 0 Å². The quantitative estimate of drug-likeness (QED) is 0.733. The average Bonchev–Trinajstić information content (AvgIpc) is 2.46. The van der Waals surface area contributed by atoms with E-state index in [1.54, 1.807) is 10.4 Å². The molecule has 0 aliphatic rings. The van der Waals surface area contributed by atoms with Gasteiger partial charge in [0.05, 0.1) is 0 Å². The Kier molecular flexibility index (Phi) is 4.56. The van der Waals surface area contributed by atoms with Crippen LogP contribution in [0, 0.1) is 0 Å². The van der Waals surface area contributed by atoms with Crippen molar-refractivity contribution in [3.8, 4) is 0 Å². The maximum Gasteiger partial charge on any atom is 0.114 e. The Labute approximate surface area is 114 Å². The minimum atomic E-state index is -1.49. The molecule has 0 radical (unpaired) electrons. The van der Waals surface area contributed by atoms with Crippen LogP contribution in [0.5, 0.6) is 0 Å². The van der Waals surface area contributed by atoms with Gasteiger partial charge in [-0.15, -0.1) is 0 Å². The van der Waals surface area contributed by atoms with E-state index in [0.29, 0.717) is 0 Å². The standard InChI is InChI=1S/C16H22Si2/c1-17-13-14-18(2,15-9-5-3-6-10-15)16-11-7-4-8-12-16/h3-12H,13-14,17H2,1-2H3. The second-order valence-electron chi connectivity index (χ2n) is 5.17. The molecule has 2 aromatic carbocycles. The number of rotatable bonds is 5. The molecule has 0 spiro atoms. The second-order valence-corrected chi connectivity index (χ2v) is 11.2. The summed E-state index contributed by atoms with van der Waals surface area (Å²) in [6.45, 7) is 4.95. The molecule has 0 aliphatic heterocycles. The zero-order valence-electron chi connectivity index (χ0n) is 11.4. The summed E-state index contributed by atoms with van der Waals surface area (Å²) in [5.41, 5.74) is 0. The van der Waals surface area contributed by atoms with Crippen LogP contribution < -0.4 is 10.4 Å². The average molecular weight is 271 g/mol. The largest absolute Gasteiger partial charge is 0.114 e. The van der Waals surface area contributed by atoms with E-state index in [-0.39, 0.29) is 9.52 Å². The molecule has 0 unspecified atom stereocenters. The van der Waals surface area contributed by atoms with Gasteiger partial charge in [-0.1, -0.05) is 96.2 Å². The van der Waals surface area contributed by atoms with Gasteiger partial charge < -0.3 is 0 Å². The lowest BCUT2D eigenvalue weighted by Crippen LogP contribution is -2.55. The van der Waals surface area contributed by atoms with Crippen LogP contribution in [0.2, 0.25) is 25.2 Å². The Hall–Kier alpha value is -1.13. The summed E-state index contributed by atoms with van der Waals surface area (Å²) in [4.78, 5) is 0. The van der Waals surface area contributed by atoms with E-state index < -0.39 is 8.07 Å². The summed E-state index contributed by atoms with van der Waals surface area (Å²) in [5, 5.41) is 3.16. The molecule has 2 rings (SSSR count). The normalized spacial score (nSPS) is 12.1. The van der Waals surface area contributed by atoms with E-state index in [1.165, 1.54) is 12.1 Å². The summed E-state index contributed by atoms with van der Waals surface area (Å²) in [6, 6.07) is 25.2. The maximum absolute atomic E-state index is 2.53. The van der Waals surface area contributed by atoms with Crippen molar-refractivity contribution in [1.82, 2.24) is 0 Å². The third kappa shape index (κ3) is 2.82. The summed E-state index contributed by atoms with van der Waals surface area (Å²) < 4.78 is 0. The molecule has 94 valence electrons. The molecule has 18 heavy (non-hydrogen) atoms. The van der Waals surface area contributed by atoms with Gasteiger partial charge in [0, 0.05) is 9.52 Å². The fourth-order valence-electron chi connectivity index (χ4n) is 2.60. The highest BCUT2D eigenvalue weighted by Gasteiger charge is 2.30. The van der Waals surface area contributed by atoms with Crippen LogP contribution in [0.3, 0.4) is 0 Å². The fourth-order valence-corrected chi connectivity index (χ4v) is 9.61. The molecule has 0 aliphatic carbocycles. The van der Waals surface area contributed by atoms with Crippen LogP contribution >= 0.6 is 0 Å². The highest BCUT2D eigenvalue weighted by molar-refractivity contribution is 7.01. The van der Waals surface area contributed by atoms with E-state index >= 15 is 0 Å². The molecular formula is C16H22Si2. The van der Waals surface area contributed by atoms with Crippen molar-refractivity contribution < 1.29 is 0 Å². The van der Waals surface area contributed by atoms with Crippen LogP contribution in [-0.2, 0) is 0 Å². The van der Waals surface area contributed by atoms with Gasteiger partial charge in [-0.25, -0.2) is 0 Å². The lowest BCUT2D eigenvalue weighted by molar-refractivity contribution is 1.36. The minimum absolute atomic E-state index is 0.159. The van der Waals surface area contributed by atoms with Gasteiger partial charge in [-0.3, -0.25) is 0 Å². The Bertz CT molecular complexity index is 425. The summed E-state index contributed by atoms with van der Waals surface area (Å²) in [6.07, 6.45) is 0. The zero-order valence-corrected chi connectivity index (χ0v) is 13.8. The molecule has 0 aromatic heterocycles. The van der Waals surface area contributed by atoms with Crippen LogP contribution in [0.4, 0.5) is 0 Å². The van der Waals surface area contributed by atoms with E-state index in [9.17, 15) is 0 Å². The molecule has 2 heteroatoms. The molecule has 0 amide bonds. The first-order valence-corrected chi connectivity index (χ1v) is 12.0. The minimum Gasteiger partial charge on any atom is -0.0748 e. The molecule has 0 bridgehead atoms. The molecule has 0 nitrogen and oxygen atoms in total. The number of benzene rings is 2. The Morgan fingerprint density at radius 1 is 0.833 bits per heavy atom. The van der Waals surface area contributed by atoms with Crippen LogP contribution in [-0.4, -0.2) is 17.6 Å². The monoisotopic (exact) mass is 270 g/mol. The van der Waals surface area contributed by atoms with Gasteiger partial charge in [0.15, 0.2) is 0 Å². The third-order valence-corrected chi connectivity index (χ3v) is 10.2. The lowest BCUT2D eigenvalue weighted by Gasteiger charge is -2.28. The number of hydrogen-bond donors (Lipinski definition) is 0. The zero-order chi connectivity index (χ0) is 12.8. The van der Waals surface area contributed by atoms with Crippen molar-refractivity contribution in [3.05, 3.63) is 60.7 Å². The molecule has 0 heterocycles. The smallest absolute Gasteiger partial charge is 0.0748 e. The van der Waals surface area contributed by atoms with Gasteiger partial charge >= 0.3 is 0 Å². The van der Waals surface area contributed by atoms with Crippen molar-refractivity contribution >= 4 is 28.0 Å². The van der Waals surface area contributed by atoms with Crippen molar-refractivity contribution in [2.45, 2.75) is 25.2 Å². The highest BCUT2D eigenvalue weighted by Crippen LogP contribution is 2.13. The molecule has 2 aromatic rings. The van der Waals surface area contributed by atoms with Crippen molar-refractivity contribution in [3.63, 3.8) is 0 Å². The van der Waals surface area contributed by atoms with Gasteiger partial charge in [0.2, 0.25) is 0 Å². The van der Waals surface area contributed by atoms with Crippen molar-refractivity contribution in [2.75, 3.05) is 0 Å². The van der Waals surface area contributed by atoms with Gasteiger partial charge in [-0.2, -0.15) is 0 Å². The second kappa shape index (κ2) is 6.16. The van der Waals surface area contributed by atoms with Crippen LogP contribution in [0.25, 0.3) is 0 Å². The van der Waals surface area contributed by atoms with E-state index in [0.717, 1.165) is 0 Å². The van der Waals surface area contributed by atoms with E-state index in [1.807, 2.05) is 0 Å². The SMILES string of the molecule is C[SiH2]CC[Si](C)(c1ccccc1)c1ccccc1. The predicted molar refractivity (Wildman–Crippen MR) is 87.8 cm³/mol. The first-order chi connectivity index (χ1) is 8.77. The summed E-state index contributed by atoms with van der Waals surface area (Å²) >= 11 is 0. The van der Waals surface area contributed by atoms with E-state index in [4.69, 9.17) is 0 Å². The van der Waals surface area contributed by atoms with Crippen molar-refractivity contribution in [2.24, 2.45) is 0 Å². The molecule has 0 atom stereocenters. The Morgan fingerprint density at radius 2 is 1.28 bits per heavy atom.